The van der Waals surface area contributed by atoms with Crippen LogP contribution < -0.4 is 0 Å². The molecule has 0 N–H and O–H groups in total. The molecular formula is C11H16F5N3. The number of nitrogens with zero attached hydrogens (tertiary/aromatic N) is 3. The summed E-state index contributed by atoms with van der Waals surface area (Å²) in [6.45, 7) is 6.67. The molecule has 0 radical (unpaired) electrons. The van der Waals surface area contributed by atoms with E-state index in [-0.39, 0.29) is 12.2 Å². The molecule has 0 amide bonds. The average Bonchev–Trinajstić information content (AvgIpc) is 2.60. The van der Waals surface area contributed by atoms with Crippen molar-refractivity contribution >= 4 is 0 Å². The van der Waals surface area contributed by atoms with Crippen LogP contribution in [0.3, 0.4) is 0 Å². The van der Waals surface area contributed by atoms with Crippen LogP contribution in [0.5, 0.6) is 0 Å². The lowest BCUT2D eigenvalue weighted by Crippen LogP contribution is -2.37. The molecule has 1 rings (SSSR count). The zero-order valence-corrected chi connectivity index (χ0v) is 11.1. The van der Waals surface area contributed by atoms with Crippen LogP contribution in [0, 0.1) is 0 Å². The minimum absolute atomic E-state index is 0.184. The summed E-state index contributed by atoms with van der Waals surface area (Å²) < 4.78 is 65.4. The number of alkyl halides is 5. The Morgan fingerprint density at radius 2 is 1.58 bits per heavy atom. The molecule has 1 aromatic heterocycles. The van der Waals surface area contributed by atoms with E-state index in [0.717, 1.165) is 4.68 Å². The fourth-order valence-electron chi connectivity index (χ4n) is 1.77. The van der Waals surface area contributed by atoms with Crippen molar-refractivity contribution in [2.24, 2.45) is 0 Å². The lowest BCUT2D eigenvalue weighted by atomic mass is 9.88. The molecule has 0 aromatic carbocycles. The van der Waals surface area contributed by atoms with Gasteiger partial charge in [-0.05, 0) is 6.42 Å². The molecule has 0 saturated heterocycles. The molecule has 8 heteroatoms. The number of rotatable bonds is 3. The molecule has 0 aliphatic heterocycles. The van der Waals surface area contributed by atoms with Crippen molar-refractivity contribution in [1.82, 2.24) is 15.0 Å². The van der Waals surface area contributed by atoms with E-state index in [1.807, 2.05) is 0 Å². The summed E-state index contributed by atoms with van der Waals surface area (Å²) >= 11 is 0. The van der Waals surface area contributed by atoms with E-state index in [4.69, 9.17) is 0 Å². The SMILES string of the molecule is CCCn1nnc(C(F)(F)C(F)(F)F)c1C(C)(C)C. The van der Waals surface area contributed by atoms with Crippen molar-refractivity contribution < 1.29 is 22.0 Å². The Morgan fingerprint density at radius 3 is 1.95 bits per heavy atom. The molecular weight excluding hydrogens is 269 g/mol. The lowest BCUT2D eigenvalue weighted by Gasteiger charge is -2.25. The molecule has 0 aliphatic carbocycles. The Morgan fingerprint density at radius 1 is 1.05 bits per heavy atom. The maximum Gasteiger partial charge on any atom is 0.459 e. The Kier molecular flexibility index (Phi) is 3.93. The first-order valence-electron chi connectivity index (χ1n) is 5.82. The van der Waals surface area contributed by atoms with E-state index < -0.39 is 23.2 Å². The highest BCUT2D eigenvalue weighted by Gasteiger charge is 2.62. The average molecular weight is 285 g/mol. The molecule has 3 nitrogen and oxygen atoms in total. The van der Waals surface area contributed by atoms with E-state index in [9.17, 15) is 22.0 Å². The highest BCUT2D eigenvalue weighted by atomic mass is 19.4. The third-order valence-corrected chi connectivity index (χ3v) is 2.53. The minimum Gasteiger partial charge on any atom is -0.248 e. The third-order valence-electron chi connectivity index (χ3n) is 2.53. The molecule has 1 aromatic rings. The van der Waals surface area contributed by atoms with E-state index in [2.05, 4.69) is 10.3 Å². The normalized spacial score (nSPS) is 13.9. The predicted octanol–water partition coefficient (Wildman–Crippen LogP) is 3.64. The largest absolute Gasteiger partial charge is 0.459 e. The van der Waals surface area contributed by atoms with Crippen molar-refractivity contribution in [1.29, 1.82) is 0 Å². The van der Waals surface area contributed by atoms with Gasteiger partial charge < -0.3 is 0 Å². The molecule has 1 heterocycles. The van der Waals surface area contributed by atoms with Crippen molar-refractivity contribution in [3.05, 3.63) is 11.4 Å². The van der Waals surface area contributed by atoms with Crippen LogP contribution in [0.15, 0.2) is 0 Å². The first-order chi connectivity index (χ1) is 8.43. The van der Waals surface area contributed by atoms with Crippen LogP contribution in [-0.4, -0.2) is 21.2 Å². The van der Waals surface area contributed by atoms with Gasteiger partial charge in [0.15, 0.2) is 5.69 Å². The quantitative estimate of drug-likeness (QED) is 0.794. The van der Waals surface area contributed by atoms with Crippen LogP contribution in [0.25, 0.3) is 0 Å². The molecule has 19 heavy (non-hydrogen) atoms. The fraction of sp³-hybridized carbons (Fsp3) is 0.818. The third kappa shape index (κ3) is 2.87. The van der Waals surface area contributed by atoms with Crippen LogP contribution in [0.1, 0.15) is 45.5 Å². The summed E-state index contributed by atoms with van der Waals surface area (Å²) in [5.74, 6) is -5.00. The van der Waals surface area contributed by atoms with Crippen LogP contribution in [-0.2, 0) is 17.9 Å². The van der Waals surface area contributed by atoms with E-state index in [0.29, 0.717) is 6.42 Å². The van der Waals surface area contributed by atoms with Crippen LogP contribution >= 0.6 is 0 Å². The second-order valence-electron chi connectivity index (χ2n) is 5.33. The maximum absolute atomic E-state index is 13.5. The molecule has 110 valence electrons. The van der Waals surface area contributed by atoms with Gasteiger partial charge in [0, 0.05) is 12.0 Å². The Balaban J connectivity index is 3.46. The van der Waals surface area contributed by atoms with Crippen molar-refractivity contribution in [2.45, 2.75) is 58.2 Å². The van der Waals surface area contributed by atoms with E-state index in [1.54, 1.807) is 27.7 Å². The first kappa shape index (κ1) is 15.8. The molecule has 0 atom stereocenters. The van der Waals surface area contributed by atoms with Gasteiger partial charge in [0.2, 0.25) is 0 Å². The van der Waals surface area contributed by atoms with Gasteiger partial charge in [0.25, 0.3) is 0 Å². The Labute approximate surface area is 107 Å². The van der Waals surface area contributed by atoms with Gasteiger partial charge in [-0.2, -0.15) is 22.0 Å². The molecule has 0 bridgehead atoms. The summed E-state index contributed by atoms with van der Waals surface area (Å²) in [6.07, 6.45) is -5.12. The number of hydrogen-bond acceptors (Lipinski definition) is 2. The van der Waals surface area contributed by atoms with Gasteiger partial charge in [0.1, 0.15) is 0 Å². The molecule has 0 fully saturated rings. The predicted molar refractivity (Wildman–Crippen MR) is 59.0 cm³/mol. The fourth-order valence-corrected chi connectivity index (χ4v) is 1.77. The standard InChI is InChI=1S/C11H16F5N3/c1-5-6-19-8(9(2,3)4)7(17-18-19)10(12,13)11(14,15)16/h5-6H2,1-4H3. The molecule has 0 saturated carbocycles. The number of hydrogen-bond donors (Lipinski definition) is 0. The van der Waals surface area contributed by atoms with Crippen LogP contribution in [0.2, 0.25) is 0 Å². The van der Waals surface area contributed by atoms with E-state index >= 15 is 0 Å². The zero-order valence-electron chi connectivity index (χ0n) is 11.1. The summed E-state index contributed by atoms with van der Waals surface area (Å²) in [6, 6.07) is 0. The van der Waals surface area contributed by atoms with Crippen molar-refractivity contribution in [2.75, 3.05) is 0 Å². The summed E-state index contributed by atoms with van der Waals surface area (Å²) in [5.41, 5.74) is -2.40. The van der Waals surface area contributed by atoms with E-state index in [1.165, 1.54) is 0 Å². The summed E-state index contributed by atoms with van der Waals surface area (Å²) in [4.78, 5) is 0. The second-order valence-corrected chi connectivity index (χ2v) is 5.33. The Bertz CT molecular complexity index is 442. The minimum atomic E-state index is -5.68. The number of aromatic nitrogens is 3. The topological polar surface area (TPSA) is 30.7 Å². The molecule has 0 aliphatic rings. The van der Waals surface area contributed by atoms with Crippen molar-refractivity contribution in [3.63, 3.8) is 0 Å². The number of aryl methyl sites for hydroxylation is 1. The van der Waals surface area contributed by atoms with Crippen molar-refractivity contribution in [3.8, 4) is 0 Å². The highest BCUT2D eigenvalue weighted by molar-refractivity contribution is 5.24. The smallest absolute Gasteiger partial charge is 0.248 e. The Hall–Kier alpha value is -1.21. The van der Waals surface area contributed by atoms with Gasteiger partial charge >= 0.3 is 12.1 Å². The first-order valence-corrected chi connectivity index (χ1v) is 5.82. The molecule has 0 unspecified atom stereocenters. The summed E-state index contributed by atoms with van der Waals surface area (Å²) in [5, 5.41) is 6.52. The monoisotopic (exact) mass is 285 g/mol. The summed E-state index contributed by atoms with van der Waals surface area (Å²) in [7, 11) is 0. The van der Waals surface area contributed by atoms with Gasteiger partial charge in [0.05, 0.1) is 5.69 Å². The highest BCUT2D eigenvalue weighted by Crippen LogP contribution is 2.46. The van der Waals surface area contributed by atoms with Gasteiger partial charge in [-0.25, -0.2) is 4.68 Å². The number of halogens is 5. The van der Waals surface area contributed by atoms with Gasteiger partial charge in [-0.15, -0.1) is 5.10 Å². The van der Waals surface area contributed by atoms with Gasteiger partial charge in [-0.1, -0.05) is 32.9 Å². The second kappa shape index (κ2) is 4.72. The molecule has 0 spiro atoms. The zero-order chi connectivity index (χ0) is 15.1. The maximum atomic E-state index is 13.5. The van der Waals surface area contributed by atoms with Crippen LogP contribution in [0.4, 0.5) is 22.0 Å². The van der Waals surface area contributed by atoms with Gasteiger partial charge in [-0.3, -0.25) is 0 Å². The lowest BCUT2D eigenvalue weighted by molar-refractivity contribution is -0.291.